The number of aryl methyl sites for hydroxylation is 1. The predicted molar refractivity (Wildman–Crippen MR) is 78.6 cm³/mol. The summed E-state index contributed by atoms with van der Waals surface area (Å²) >= 11 is 1.69. The molecule has 0 aliphatic heterocycles. The molecule has 1 aliphatic carbocycles. The second-order valence-corrected chi connectivity index (χ2v) is 6.27. The Morgan fingerprint density at radius 1 is 1.42 bits per heavy atom. The number of thiophene rings is 1. The molecule has 19 heavy (non-hydrogen) atoms. The van der Waals surface area contributed by atoms with Crippen LogP contribution in [0.2, 0.25) is 0 Å². The average molecular weight is 277 g/mol. The Morgan fingerprint density at radius 3 is 3.16 bits per heavy atom. The molecule has 1 saturated carbocycles. The zero-order valence-electron chi connectivity index (χ0n) is 11.1. The first-order chi connectivity index (χ1) is 9.24. The Labute approximate surface area is 116 Å². The largest absolute Gasteiger partial charge is 0.393 e. The van der Waals surface area contributed by atoms with Crippen molar-refractivity contribution in [2.75, 3.05) is 11.9 Å². The summed E-state index contributed by atoms with van der Waals surface area (Å²) in [4.78, 5) is 8.68. The van der Waals surface area contributed by atoms with Gasteiger partial charge in [-0.2, -0.15) is 0 Å². The van der Waals surface area contributed by atoms with Crippen molar-refractivity contribution in [3.8, 4) is 0 Å². The lowest BCUT2D eigenvalue weighted by atomic mass is 9.87. The number of nitrogens with one attached hydrogen (secondary N) is 1. The van der Waals surface area contributed by atoms with E-state index in [4.69, 9.17) is 0 Å². The molecule has 2 aromatic rings. The normalized spacial score (nSPS) is 23.7. The van der Waals surface area contributed by atoms with Crippen LogP contribution in [0.3, 0.4) is 0 Å². The van der Waals surface area contributed by atoms with Gasteiger partial charge < -0.3 is 10.4 Å². The van der Waals surface area contributed by atoms with Crippen LogP contribution in [0.25, 0.3) is 10.2 Å². The minimum atomic E-state index is -0.116. The Kier molecular flexibility index (Phi) is 3.66. The molecule has 2 heterocycles. The van der Waals surface area contributed by atoms with Gasteiger partial charge in [0.2, 0.25) is 0 Å². The summed E-state index contributed by atoms with van der Waals surface area (Å²) in [6.07, 6.45) is 5.70. The maximum Gasteiger partial charge on any atom is 0.147 e. The number of aliphatic hydroxyl groups excluding tert-OH is 1. The minimum absolute atomic E-state index is 0.116. The molecule has 1 fully saturated rings. The van der Waals surface area contributed by atoms with E-state index in [0.29, 0.717) is 5.92 Å². The molecule has 102 valence electrons. The summed E-state index contributed by atoms with van der Waals surface area (Å²) in [6, 6.07) is 0. The Balaban J connectivity index is 1.71. The number of rotatable bonds is 3. The molecule has 0 bridgehead atoms. The van der Waals surface area contributed by atoms with E-state index in [1.807, 2.05) is 0 Å². The Morgan fingerprint density at radius 2 is 2.32 bits per heavy atom. The predicted octanol–water partition coefficient (Wildman–Crippen LogP) is 2.96. The SMILES string of the molecule is Cc1csc2c(NCC3CCCC(O)C3)ncnc12. The number of aliphatic hydroxyl groups is 1. The molecule has 4 nitrogen and oxygen atoms in total. The maximum absolute atomic E-state index is 9.70. The van der Waals surface area contributed by atoms with Gasteiger partial charge in [-0.15, -0.1) is 11.3 Å². The van der Waals surface area contributed by atoms with E-state index in [-0.39, 0.29) is 6.10 Å². The number of fused-ring (bicyclic) bond motifs is 1. The summed E-state index contributed by atoms with van der Waals surface area (Å²) in [5.74, 6) is 1.48. The second-order valence-electron chi connectivity index (χ2n) is 5.39. The number of hydrogen-bond acceptors (Lipinski definition) is 5. The molecule has 5 heteroatoms. The van der Waals surface area contributed by atoms with Gasteiger partial charge in [-0.05, 0) is 43.0 Å². The fourth-order valence-electron chi connectivity index (χ4n) is 2.78. The van der Waals surface area contributed by atoms with Crippen LogP contribution in [0.15, 0.2) is 11.7 Å². The Hall–Kier alpha value is -1.20. The van der Waals surface area contributed by atoms with Gasteiger partial charge in [-0.3, -0.25) is 0 Å². The monoisotopic (exact) mass is 277 g/mol. The zero-order valence-corrected chi connectivity index (χ0v) is 11.9. The summed E-state index contributed by atoms with van der Waals surface area (Å²) < 4.78 is 1.14. The summed E-state index contributed by atoms with van der Waals surface area (Å²) in [6.45, 7) is 2.97. The van der Waals surface area contributed by atoms with E-state index < -0.39 is 0 Å². The van der Waals surface area contributed by atoms with E-state index in [1.165, 1.54) is 12.0 Å². The van der Waals surface area contributed by atoms with Crippen LogP contribution in [-0.4, -0.2) is 27.7 Å². The van der Waals surface area contributed by atoms with E-state index in [1.54, 1.807) is 17.7 Å². The van der Waals surface area contributed by atoms with Gasteiger partial charge >= 0.3 is 0 Å². The lowest BCUT2D eigenvalue weighted by Crippen LogP contribution is -2.25. The first-order valence-electron chi connectivity index (χ1n) is 6.85. The Bertz CT molecular complexity index is 569. The molecule has 2 N–H and O–H groups in total. The molecule has 2 aromatic heterocycles. The van der Waals surface area contributed by atoms with Crippen molar-refractivity contribution in [2.24, 2.45) is 5.92 Å². The van der Waals surface area contributed by atoms with E-state index in [0.717, 1.165) is 41.8 Å². The molecule has 2 unspecified atom stereocenters. The van der Waals surface area contributed by atoms with Gasteiger partial charge in [-0.25, -0.2) is 9.97 Å². The molecule has 1 aliphatic rings. The highest BCUT2D eigenvalue weighted by atomic mass is 32.1. The van der Waals surface area contributed by atoms with Crippen molar-refractivity contribution in [3.05, 3.63) is 17.3 Å². The van der Waals surface area contributed by atoms with Gasteiger partial charge in [0.1, 0.15) is 12.1 Å². The minimum Gasteiger partial charge on any atom is -0.393 e. The molecular formula is C14H19N3OS. The molecule has 0 aromatic carbocycles. The highest BCUT2D eigenvalue weighted by Gasteiger charge is 2.20. The molecule has 0 amide bonds. The smallest absolute Gasteiger partial charge is 0.147 e. The molecule has 2 atom stereocenters. The third-order valence-corrected chi connectivity index (χ3v) is 4.94. The molecule has 0 saturated heterocycles. The molecule has 0 spiro atoms. The number of hydrogen-bond donors (Lipinski definition) is 2. The van der Waals surface area contributed by atoms with Crippen LogP contribution in [0.4, 0.5) is 5.82 Å². The first kappa shape index (κ1) is 12.8. The molecular weight excluding hydrogens is 258 g/mol. The highest BCUT2D eigenvalue weighted by molar-refractivity contribution is 7.18. The van der Waals surface area contributed by atoms with Gasteiger partial charge in [0, 0.05) is 6.54 Å². The van der Waals surface area contributed by atoms with Crippen LogP contribution in [-0.2, 0) is 0 Å². The van der Waals surface area contributed by atoms with Crippen LogP contribution < -0.4 is 5.32 Å². The number of nitrogens with zero attached hydrogens (tertiary/aromatic N) is 2. The average Bonchev–Trinajstić information content (AvgIpc) is 2.79. The van der Waals surface area contributed by atoms with Crippen molar-refractivity contribution in [1.82, 2.24) is 9.97 Å². The molecule has 0 radical (unpaired) electrons. The third kappa shape index (κ3) is 2.72. The van der Waals surface area contributed by atoms with Crippen molar-refractivity contribution >= 4 is 27.4 Å². The van der Waals surface area contributed by atoms with Crippen LogP contribution in [0.5, 0.6) is 0 Å². The quantitative estimate of drug-likeness (QED) is 0.905. The summed E-state index contributed by atoms with van der Waals surface area (Å²) in [5.41, 5.74) is 2.25. The van der Waals surface area contributed by atoms with Gasteiger partial charge in [0.05, 0.1) is 16.3 Å². The second kappa shape index (κ2) is 5.43. The van der Waals surface area contributed by atoms with Crippen molar-refractivity contribution < 1.29 is 5.11 Å². The van der Waals surface area contributed by atoms with Gasteiger partial charge in [-0.1, -0.05) is 6.42 Å². The standard InChI is InChI=1S/C14H19N3OS/c1-9-7-19-13-12(9)16-8-17-14(13)15-6-10-3-2-4-11(18)5-10/h7-8,10-11,18H,2-6H2,1H3,(H,15,16,17). The lowest BCUT2D eigenvalue weighted by molar-refractivity contribution is 0.104. The summed E-state index contributed by atoms with van der Waals surface area (Å²) in [5, 5.41) is 15.3. The van der Waals surface area contributed by atoms with E-state index >= 15 is 0 Å². The van der Waals surface area contributed by atoms with E-state index in [9.17, 15) is 5.11 Å². The van der Waals surface area contributed by atoms with Gasteiger partial charge in [0.15, 0.2) is 0 Å². The fourth-order valence-corrected chi connectivity index (χ4v) is 3.75. The number of anilines is 1. The van der Waals surface area contributed by atoms with Crippen LogP contribution >= 0.6 is 11.3 Å². The lowest BCUT2D eigenvalue weighted by Gasteiger charge is -2.26. The number of aromatic nitrogens is 2. The van der Waals surface area contributed by atoms with Gasteiger partial charge in [0.25, 0.3) is 0 Å². The van der Waals surface area contributed by atoms with Crippen molar-refractivity contribution in [3.63, 3.8) is 0 Å². The zero-order chi connectivity index (χ0) is 13.2. The van der Waals surface area contributed by atoms with Crippen LogP contribution in [0.1, 0.15) is 31.2 Å². The van der Waals surface area contributed by atoms with Crippen LogP contribution in [0, 0.1) is 12.8 Å². The first-order valence-corrected chi connectivity index (χ1v) is 7.72. The summed E-state index contributed by atoms with van der Waals surface area (Å²) in [7, 11) is 0. The molecule has 3 rings (SSSR count). The topological polar surface area (TPSA) is 58.0 Å². The fraction of sp³-hybridized carbons (Fsp3) is 0.571. The van der Waals surface area contributed by atoms with Crippen molar-refractivity contribution in [1.29, 1.82) is 0 Å². The highest BCUT2D eigenvalue weighted by Crippen LogP contribution is 2.29. The third-order valence-electron chi connectivity index (χ3n) is 3.84. The van der Waals surface area contributed by atoms with Crippen molar-refractivity contribution in [2.45, 2.75) is 38.7 Å². The maximum atomic E-state index is 9.70. The van der Waals surface area contributed by atoms with E-state index in [2.05, 4.69) is 27.6 Å².